The first-order valence-electron chi connectivity index (χ1n) is 10.3. The van der Waals surface area contributed by atoms with Gasteiger partial charge in [-0.1, -0.05) is 46.3 Å². The van der Waals surface area contributed by atoms with Crippen LogP contribution in [0.1, 0.15) is 21.5 Å². The van der Waals surface area contributed by atoms with E-state index in [1.54, 1.807) is 31.3 Å². The number of likely N-dealkylation sites (N-methyl/N-ethyl adjacent to an activating group) is 1. The molecule has 0 saturated carbocycles. The minimum atomic E-state index is -0.435. The zero-order valence-electron chi connectivity index (χ0n) is 18.5. The van der Waals surface area contributed by atoms with E-state index in [0.717, 1.165) is 21.3 Å². The lowest BCUT2D eigenvalue weighted by atomic mass is 10.2. The highest BCUT2D eigenvalue weighted by molar-refractivity contribution is 9.10. The van der Waals surface area contributed by atoms with Crippen molar-refractivity contribution >= 4 is 56.5 Å². The van der Waals surface area contributed by atoms with Gasteiger partial charge in [-0.25, -0.2) is 9.79 Å². The molecule has 0 aliphatic carbocycles. The van der Waals surface area contributed by atoms with Gasteiger partial charge in [0.05, 0.1) is 23.3 Å². The van der Waals surface area contributed by atoms with Crippen LogP contribution in [-0.2, 0) is 16.1 Å². The number of amidine groups is 1. The second kappa shape index (κ2) is 10.7. The third-order valence-electron chi connectivity index (χ3n) is 4.99. The van der Waals surface area contributed by atoms with E-state index in [9.17, 15) is 9.59 Å². The average molecular weight is 537 g/mol. The van der Waals surface area contributed by atoms with E-state index in [-0.39, 0.29) is 5.91 Å². The minimum absolute atomic E-state index is 0.136. The first kappa shape index (κ1) is 23.8. The number of thioether (sulfide) groups is 1. The number of nitrogens with zero attached hydrogens (tertiary/aromatic N) is 2. The Morgan fingerprint density at radius 3 is 2.53 bits per heavy atom. The number of methoxy groups -OCH3 is 1. The van der Waals surface area contributed by atoms with Gasteiger partial charge in [0.1, 0.15) is 12.4 Å². The summed E-state index contributed by atoms with van der Waals surface area (Å²) >= 11 is 4.71. The normalized spacial score (nSPS) is 15.7. The molecule has 8 heteroatoms. The number of halogens is 1. The van der Waals surface area contributed by atoms with E-state index in [0.29, 0.717) is 27.9 Å². The Balaban J connectivity index is 1.45. The molecule has 1 heterocycles. The average Bonchev–Trinajstić information content (AvgIpc) is 3.11. The largest absolute Gasteiger partial charge is 0.489 e. The van der Waals surface area contributed by atoms with E-state index in [1.807, 2.05) is 54.6 Å². The molecule has 0 spiro atoms. The van der Waals surface area contributed by atoms with Crippen LogP contribution in [0.25, 0.3) is 6.08 Å². The molecule has 1 aliphatic rings. The van der Waals surface area contributed by atoms with Crippen molar-refractivity contribution in [2.45, 2.75) is 6.61 Å². The lowest BCUT2D eigenvalue weighted by Gasteiger charge is -2.07. The summed E-state index contributed by atoms with van der Waals surface area (Å²) < 4.78 is 11.6. The zero-order chi connectivity index (χ0) is 24.1. The lowest BCUT2D eigenvalue weighted by Crippen LogP contribution is -2.23. The Bertz CT molecular complexity index is 1270. The summed E-state index contributed by atoms with van der Waals surface area (Å²) in [6.07, 6.45) is 1.83. The van der Waals surface area contributed by atoms with Crippen LogP contribution in [0.15, 0.2) is 87.2 Å². The maximum absolute atomic E-state index is 12.7. The number of ether oxygens (including phenoxy) is 2. The molecule has 0 N–H and O–H groups in total. The Kier molecular flexibility index (Phi) is 7.49. The van der Waals surface area contributed by atoms with Crippen LogP contribution in [0, 0.1) is 0 Å². The van der Waals surface area contributed by atoms with Crippen LogP contribution in [0.3, 0.4) is 0 Å². The summed E-state index contributed by atoms with van der Waals surface area (Å²) in [5.41, 5.74) is 2.93. The highest BCUT2D eigenvalue weighted by Crippen LogP contribution is 2.33. The van der Waals surface area contributed by atoms with E-state index in [1.165, 1.54) is 23.8 Å². The summed E-state index contributed by atoms with van der Waals surface area (Å²) in [7, 11) is 3.01. The van der Waals surface area contributed by atoms with E-state index in [4.69, 9.17) is 9.47 Å². The topological polar surface area (TPSA) is 68.2 Å². The third kappa shape index (κ3) is 5.76. The number of carbonyl (C=O) groups excluding carboxylic acids is 2. The molecule has 0 radical (unpaired) electrons. The SMILES string of the molecule is COC(=O)c1cccc(N=C2SC(=Cc3ccc(OCc4ccc(Br)cc4)cc3)C(=O)N2C)c1. The van der Waals surface area contributed by atoms with Crippen LogP contribution in [-0.4, -0.2) is 36.1 Å². The smallest absolute Gasteiger partial charge is 0.337 e. The van der Waals surface area contributed by atoms with Gasteiger partial charge in [0, 0.05) is 11.5 Å². The fraction of sp³-hybridized carbons (Fsp3) is 0.115. The monoisotopic (exact) mass is 536 g/mol. The molecular weight excluding hydrogens is 516 g/mol. The number of esters is 1. The summed E-state index contributed by atoms with van der Waals surface area (Å²) in [6.45, 7) is 0.476. The first-order valence-corrected chi connectivity index (χ1v) is 12.0. The predicted octanol–water partition coefficient (Wildman–Crippen LogP) is 6.05. The Morgan fingerprint density at radius 2 is 1.82 bits per heavy atom. The predicted molar refractivity (Wildman–Crippen MR) is 138 cm³/mol. The standard InChI is InChI=1S/C26H21BrN2O4S/c1-29-24(30)23(34-26(29)28-21-5-3-4-19(15-21)25(31)32-2)14-17-8-12-22(13-9-17)33-16-18-6-10-20(27)11-7-18/h3-15H,16H2,1-2H3. The fourth-order valence-electron chi connectivity index (χ4n) is 3.14. The third-order valence-corrected chi connectivity index (χ3v) is 6.58. The first-order chi connectivity index (χ1) is 16.4. The van der Waals surface area contributed by atoms with Gasteiger partial charge in [0.2, 0.25) is 0 Å². The molecule has 0 unspecified atom stereocenters. The van der Waals surface area contributed by atoms with Gasteiger partial charge < -0.3 is 9.47 Å². The maximum atomic E-state index is 12.7. The summed E-state index contributed by atoms with van der Waals surface area (Å²) in [6, 6.07) is 22.3. The second-order valence-electron chi connectivity index (χ2n) is 7.40. The van der Waals surface area contributed by atoms with Crippen molar-refractivity contribution in [1.82, 2.24) is 4.90 Å². The molecule has 4 rings (SSSR count). The quantitative estimate of drug-likeness (QED) is 0.283. The molecule has 3 aromatic rings. The van der Waals surface area contributed by atoms with Crippen LogP contribution in [0.5, 0.6) is 5.75 Å². The Labute approximate surface area is 210 Å². The molecule has 34 heavy (non-hydrogen) atoms. The van der Waals surface area contributed by atoms with Gasteiger partial charge in [-0.2, -0.15) is 0 Å². The zero-order valence-corrected chi connectivity index (χ0v) is 20.9. The lowest BCUT2D eigenvalue weighted by molar-refractivity contribution is -0.121. The van der Waals surface area contributed by atoms with Gasteiger partial charge >= 0.3 is 5.97 Å². The molecular formula is C26H21BrN2O4S. The summed E-state index contributed by atoms with van der Waals surface area (Å²) in [5.74, 6) is 0.180. The molecule has 0 atom stereocenters. The van der Waals surface area contributed by atoms with Crippen molar-refractivity contribution in [3.63, 3.8) is 0 Å². The van der Waals surface area contributed by atoms with E-state index < -0.39 is 5.97 Å². The molecule has 1 fully saturated rings. The highest BCUT2D eigenvalue weighted by atomic mass is 79.9. The minimum Gasteiger partial charge on any atom is -0.489 e. The van der Waals surface area contributed by atoms with Crippen molar-refractivity contribution in [3.05, 3.63) is 98.9 Å². The molecule has 172 valence electrons. The van der Waals surface area contributed by atoms with Gasteiger partial charge in [0.25, 0.3) is 5.91 Å². The highest BCUT2D eigenvalue weighted by Gasteiger charge is 2.30. The second-order valence-corrected chi connectivity index (χ2v) is 9.32. The van der Waals surface area contributed by atoms with Crippen molar-refractivity contribution in [3.8, 4) is 5.75 Å². The Morgan fingerprint density at radius 1 is 1.09 bits per heavy atom. The molecule has 3 aromatic carbocycles. The van der Waals surface area contributed by atoms with Crippen LogP contribution in [0.2, 0.25) is 0 Å². The van der Waals surface area contributed by atoms with E-state index >= 15 is 0 Å². The molecule has 1 saturated heterocycles. The van der Waals surface area contributed by atoms with Crippen LogP contribution in [0.4, 0.5) is 5.69 Å². The van der Waals surface area contributed by atoms with Gasteiger partial charge in [-0.15, -0.1) is 0 Å². The summed E-state index contributed by atoms with van der Waals surface area (Å²) in [4.78, 5) is 31.1. The fourth-order valence-corrected chi connectivity index (χ4v) is 4.39. The number of amides is 1. The van der Waals surface area contributed by atoms with Gasteiger partial charge in [-0.3, -0.25) is 9.69 Å². The number of carbonyl (C=O) groups is 2. The van der Waals surface area contributed by atoms with Crippen molar-refractivity contribution in [2.24, 2.45) is 4.99 Å². The molecule has 0 bridgehead atoms. The van der Waals surface area contributed by atoms with E-state index in [2.05, 4.69) is 20.9 Å². The van der Waals surface area contributed by atoms with Crippen LogP contribution >= 0.6 is 27.7 Å². The van der Waals surface area contributed by atoms with Crippen LogP contribution < -0.4 is 4.74 Å². The van der Waals surface area contributed by atoms with Crippen molar-refractivity contribution in [2.75, 3.05) is 14.2 Å². The van der Waals surface area contributed by atoms with Gasteiger partial charge in [-0.05, 0) is 71.4 Å². The maximum Gasteiger partial charge on any atom is 0.337 e. The summed E-state index contributed by atoms with van der Waals surface area (Å²) in [5, 5.41) is 0.535. The van der Waals surface area contributed by atoms with Gasteiger partial charge in [0.15, 0.2) is 5.17 Å². The van der Waals surface area contributed by atoms with Crippen molar-refractivity contribution < 1.29 is 19.1 Å². The van der Waals surface area contributed by atoms with Crippen molar-refractivity contribution in [1.29, 1.82) is 0 Å². The molecule has 1 aliphatic heterocycles. The Hall–Kier alpha value is -3.36. The molecule has 0 aromatic heterocycles. The number of hydrogen-bond donors (Lipinski definition) is 0. The number of rotatable bonds is 6. The molecule has 1 amide bonds. The molecule has 6 nitrogen and oxygen atoms in total. The number of aliphatic imine (C=N–C) groups is 1. The number of benzene rings is 3. The number of hydrogen-bond acceptors (Lipinski definition) is 6.